The SMILES string of the molecule is Cn1c(Cn2c(-c3ccccc3)noc2=O)nc2ccccc21. The van der Waals surface area contributed by atoms with E-state index in [0.29, 0.717) is 12.4 Å². The Morgan fingerprint density at radius 3 is 2.57 bits per heavy atom. The van der Waals surface area contributed by atoms with Crippen molar-refractivity contribution in [3.63, 3.8) is 0 Å². The zero-order valence-electron chi connectivity index (χ0n) is 12.5. The molecule has 4 rings (SSSR count). The Bertz CT molecular complexity index is 1030. The Morgan fingerprint density at radius 1 is 1.04 bits per heavy atom. The van der Waals surface area contributed by atoms with Crippen molar-refractivity contribution in [1.82, 2.24) is 19.3 Å². The quantitative estimate of drug-likeness (QED) is 0.583. The van der Waals surface area contributed by atoms with Crippen LogP contribution in [-0.4, -0.2) is 19.3 Å². The normalized spacial score (nSPS) is 11.2. The third-order valence-electron chi connectivity index (χ3n) is 3.90. The predicted octanol–water partition coefficient (Wildman–Crippen LogP) is 2.44. The first-order chi connectivity index (χ1) is 11.2. The van der Waals surface area contributed by atoms with Crippen LogP contribution < -0.4 is 5.76 Å². The molecule has 0 aliphatic heterocycles. The number of rotatable bonds is 3. The van der Waals surface area contributed by atoms with E-state index in [4.69, 9.17) is 4.52 Å². The number of para-hydroxylation sites is 2. The summed E-state index contributed by atoms with van der Waals surface area (Å²) < 4.78 is 8.33. The first kappa shape index (κ1) is 13.5. The fourth-order valence-corrected chi connectivity index (χ4v) is 2.68. The van der Waals surface area contributed by atoms with Gasteiger partial charge in [-0.2, -0.15) is 0 Å². The number of aryl methyl sites for hydroxylation is 1. The highest BCUT2D eigenvalue weighted by atomic mass is 16.5. The molecule has 0 aliphatic rings. The van der Waals surface area contributed by atoms with Gasteiger partial charge in [0.05, 0.1) is 17.6 Å². The minimum atomic E-state index is -0.490. The Balaban J connectivity index is 1.81. The van der Waals surface area contributed by atoms with E-state index in [1.54, 1.807) is 0 Å². The van der Waals surface area contributed by atoms with Gasteiger partial charge in [-0.25, -0.2) is 14.3 Å². The average Bonchev–Trinajstić information content (AvgIpc) is 3.10. The van der Waals surface area contributed by atoms with Crippen LogP contribution in [0.5, 0.6) is 0 Å². The lowest BCUT2D eigenvalue weighted by Crippen LogP contribution is -2.18. The van der Waals surface area contributed by atoms with Crippen molar-refractivity contribution in [3.8, 4) is 11.4 Å². The summed E-state index contributed by atoms with van der Waals surface area (Å²) in [5, 5.41) is 3.90. The number of aromatic nitrogens is 4. The summed E-state index contributed by atoms with van der Waals surface area (Å²) in [6, 6.07) is 17.4. The molecule has 0 unspecified atom stereocenters. The molecule has 114 valence electrons. The predicted molar refractivity (Wildman–Crippen MR) is 86.0 cm³/mol. The van der Waals surface area contributed by atoms with Gasteiger partial charge in [0.15, 0.2) is 5.82 Å². The van der Waals surface area contributed by atoms with E-state index in [1.165, 1.54) is 4.57 Å². The summed E-state index contributed by atoms with van der Waals surface area (Å²) in [6.07, 6.45) is 0. The fourth-order valence-electron chi connectivity index (χ4n) is 2.68. The van der Waals surface area contributed by atoms with E-state index in [1.807, 2.05) is 66.2 Å². The average molecular weight is 306 g/mol. The summed E-state index contributed by atoms with van der Waals surface area (Å²) in [4.78, 5) is 16.6. The van der Waals surface area contributed by atoms with E-state index in [-0.39, 0.29) is 0 Å². The number of fused-ring (bicyclic) bond motifs is 1. The zero-order valence-corrected chi connectivity index (χ0v) is 12.5. The van der Waals surface area contributed by atoms with Gasteiger partial charge >= 0.3 is 5.76 Å². The Hall–Kier alpha value is -3.15. The maximum atomic E-state index is 12.0. The van der Waals surface area contributed by atoms with Gasteiger partial charge in [-0.1, -0.05) is 47.6 Å². The summed E-state index contributed by atoms with van der Waals surface area (Å²) in [6.45, 7) is 0.303. The topological polar surface area (TPSA) is 65.8 Å². The molecule has 0 aliphatic carbocycles. The third-order valence-corrected chi connectivity index (χ3v) is 3.90. The molecule has 0 radical (unpaired) electrons. The van der Waals surface area contributed by atoms with Crippen molar-refractivity contribution in [3.05, 3.63) is 71.0 Å². The maximum absolute atomic E-state index is 12.0. The molecule has 6 heteroatoms. The van der Waals surface area contributed by atoms with Crippen molar-refractivity contribution in [2.45, 2.75) is 6.54 Å². The number of imidazole rings is 1. The van der Waals surface area contributed by atoms with Gasteiger partial charge in [-0.3, -0.25) is 4.52 Å². The molecule has 0 amide bonds. The maximum Gasteiger partial charge on any atom is 0.442 e. The summed E-state index contributed by atoms with van der Waals surface area (Å²) in [5.41, 5.74) is 2.75. The monoisotopic (exact) mass is 306 g/mol. The second-order valence-electron chi connectivity index (χ2n) is 5.30. The van der Waals surface area contributed by atoms with Gasteiger partial charge < -0.3 is 4.57 Å². The Morgan fingerprint density at radius 2 is 1.78 bits per heavy atom. The van der Waals surface area contributed by atoms with Crippen molar-refractivity contribution in [1.29, 1.82) is 0 Å². The van der Waals surface area contributed by atoms with Gasteiger partial charge in [-0.05, 0) is 12.1 Å². The minimum absolute atomic E-state index is 0.303. The van der Waals surface area contributed by atoms with Crippen molar-refractivity contribution < 1.29 is 4.52 Å². The largest absolute Gasteiger partial charge is 0.442 e. The standard InChI is InChI=1S/C17H14N4O2/c1-20-14-10-6-5-9-13(14)18-15(20)11-21-16(19-23-17(21)22)12-7-3-2-4-8-12/h2-10H,11H2,1H3. The molecule has 0 fully saturated rings. The molecular weight excluding hydrogens is 292 g/mol. The van der Waals surface area contributed by atoms with Crippen LogP contribution in [0, 0.1) is 0 Å². The highest BCUT2D eigenvalue weighted by molar-refractivity contribution is 5.75. The molecule has 0 saturated carbocycles. The Labute approximate surface area is 131 Å². The Kier molecular flexibility index (Phi) is 3.08. The van der Waals surface area contributed by atoms with Gasteiger partial charge in [0.2, 0.25) is 0 Å². The van der Waals surface area contributed by atoms with Crippen LogP contribution in [0.25, 0.3) is 22.4 Å². The minimum Gasteiger partial charge on any atom is -0.330 e. The van der Waals surface area contributed by atoms with E-state index >= 15 is 0 Å². The van der Waals surface area contributed by atoms with Crippen LogP contribution in [0.2, 0.25) is 0 Å². The smallest absolute Gasteiger partial charge is 0.330 e. The van der Waals surface area contributed by atoms with Crippen LogP contribution in [-0.2, 0) is 13.6 Å². The highest BCUT2D eigenvalue weighted by Gasteiger charge is 2.16. The van der Waals surface area contributed by atoms with Gasteiger partial charge in [-0.15, -0.1) is 0 Å². The van der Waals surface area contributed by atoms with Gasteiger partial charge in [0, 0.05) is 12.6 Å². The van der Waals surface area contributed by atoms with E-state index in [0.717, 1.165) is 22.4 Å². The fraction of sp³-hybridized carbons (Fsp3) is 0.118. The molecule has 6 nitrogen and oxygen atoms in total. The molecule has 2 aromatic heterocycles. The third kappa shape index (κ3) is 2.24. The molecule has 0 saturated heterocycles. The lowest BCUT2D eigenvalue weighted by molar-refractivity contribution is 0.377. The van der Waals surface area contributed by atoms with E-state index in [9.17, 15) is 4.79 Å². The molecule has 0 atom stereocenters. The van der Waals surface area contributed by atoms with Crippen LogP contribution in [0.1, 0.15) is 5.82 Å². The summed E-state index contributed by atoms with van der Waals surface area (Å²) in [5.74, 6) is 0.784. The van der Waals surface area contributed by atoms with Gasteiger partial charge in [0.25, 0.3) is 0 Å². The van der Waals surface area contributed by atoms with Crippen molar-refractivity contribution in [2.75, 3.05) is 0 Å². The lowest BCUT2D eigenvalue weighted by Gasteiger charge is -2.05. The van der Waals surface area contributed by atoms with Crippen LogP contribution in [0.15, 0.2) is 63.9 Å². The van der Waals surface area contributed by atoms with Crippen molar-refractivity contribution >= 4 is 11.0 Å². The zero-order chi connectivity index (χ0) is 15.8. The second-order valence-corrected chi connectivity index (χ2v) is 5.30. The van der Waals surface area contributed by atoms with Crippen LogP contribution in [0.4, 0.5) is 0 Å². The highest BCUT2D eigenvalue weighted by Crippen LogP contribution is 2.18. The number of benzene rings is 2. The summed E-state index contributed by atoms with van der Waals surface area (Å²) in [7, 11) is 1.94. The summed E-state index contributed by atoms with van der Waals surface area (Å²) >= 11 is 0. The molecule has 0 N–H and O–H groups in total. The molecule has 23 heavy (non-hydrogen) atoms. The van der Waals surface area contributed by atoms with E-state index < -0.39 is 5.76 Å². The lowest BCUT2D eigenvalue weighted by atomic mass is 10.2. The first-order valence-corrected chi connectivity index (χ1v) is 7.26. The van der Waals surface area contributed by atoms with Crippen LogP contribution in [0.3, 0.4) is 0 Å². The van der Waals surface area contributed by atoms with Crippen LogP contribution >= 0.6 is 0 Å². The number of nitrogens with zero attached hydrogens (tertiary/aromatic N) is 4. The first-order valence-electron chi connectivity index (χ1n) is 7.26. The molecule has 2 aromatic carbocycles. The second kappa shape index (κ2) is 5.24. The van der Waals surface area contributed by atoms with Gasteiger partial charge in [0.1, 0.15) is 5.82 Å². The number of hydrogen-bond acceptors (Lipinski definition) is 4. The molecule has 0 bridgehead atoms. The molecule has 0 spiro atoms. The van der Waals surface area contributed by atoms with Crippen molar-refractivity contribution in [2.24, 2.45) is 7.05 Å². The molecular formula is C17H14N4O2. The number of hydrogen-bond donors (Lipinski definition) is 0. The molecule has 4 aromatic rings. The van der Waals surface area contributed by atoms with E-state index in [2.05, 4.69) is 10.1 Å². The molecule has 2 heterocycles.